The van der Waals surface area contributed by atoms with Crippen molar-refractivity contribution in [3.63, 3.8) is 0 Å². The summed E-state index contributed by atoms with van der Waals surface area (Å²) in [6.45, 7) is 4.18. The van der Waals surface area contributed by atoms with E-state index in [4.69, 9.17) is 9.47 Å². The molecule has 3 N–H and O–H groups in total. The first-order valence-corrected chi connectivity index (χ1v) is 9.89. The van der Waals surface area contributed by atoms with E-state index in [1.165, 1.54) is 6.07 Å². The van der Waals surface area contributed by atoms with Gasteiger partial charge < -0.3 is 25.1 Å². The van der Waals surface area contributed by atoms with E-state index in [1.54, 1.807) is 18.2 Å². The number of ether oxygens (including phenoxy) is 2. The van der Waals surface area contributed by atoms with Gasteiger partial charge in [-0.3, -0.25) is 19.3 Å². The zero-order valence-corrected chi connectivity index (χ0v) is 16.7. The SMILES string of the molecule is CC1CNC(=O)CCN1Cc1ccc(C(=O)NCc2ccc3c(c2)OCO3)c(=O)[nH]1. The lowest BCUT2D eigenvalue weighted by molar-refractivity contribution is -0.120. The molecule has 9 nitrogen and oxygen atoms in total. The van der Waals surface area contributed by atoms with Crippen LogP contribution in [0.2, 0.25) is 0 Å². The number of amides is 2. The zero-order valence-electron chi connectivity index (χ0n) is 16.7. The van der Waals surface area contributed by atoms with E-state index in [0.29, 0.717) is 43.2 Å². The van der Waals surface area contributed by atoms with Crippen LogP contribution in [0.3, 0.4) is 0 Å². The Morgan fingerprint density at radius 3 is 2.87 bits per heavy atom. The van der Waals surface area contributed by atoms with E-state index in [2.05, 4.69) is 20.5 Å². The molecule has 1 atom stereocenters. The molecule has 30 heavy (non-hydrogen) atoms. The van der Waals surface area contributed by atoms with Crippen molar-refractivity contribution in [1.82, 2.24) is 20.5 Å². The molecular weight excluding hydrogens is 388 g/mol. The number of benzene rings is 1. The van der Waals surface area contributed by atoms with Crippen molar-refractivity contribution in [3.05, 3.63) is 57.5 Å². The minimum atomic E-state index is -0.446. The van der Waals surface area contributed by atoms with E-state index in [0.717, 1.165) is 5.56 Å². The fraction of sp³-hybridized carbons (Fsp3) is 0.381. The van der Waals surface area contributed by atoms with Crippen molar-refractivity contribution < 1.29 is 19.1 Å². The second-order valence-electron chi connectivity index (χ2n) is 7.47. The van der Waals surface area contributed by atoms with Gasteiger partial charge in [-0.1, -0.05) is 6.07 Å². The molecular formula is C21H24N4O5. The fourth-order valence-corrected chi connectivity index (χ4v) is 3.51. The van der Waals surface area contributed by atoms with Crippen LogP contribution < -0.4 is 25.7 Å². The number of rotatable bonds is 5. The molecule has 0 spiro atoms. The van der Waals surface area contributed by atoms with Crippen LogP contribution in [-0.2, 0) is 17.9 Å². The number of hydrogen-bond donors (Lipinski definition) is 3. The Morgan fingerprint density at radius 1 is 1.20 bits per heavy atom. The van der Waals surface area contributed by atoms with Crippen LogP contribution in [0.25, 0.3) is 0 Å². The number of H-pyrrole nitrogens is 1. The first kappa shape index (κ1) is 20.0. The molecule has 2 amide bonds. The zero-order chi connectivity index (χ0) is 21.1. The Bertz CT molecular complexity index is 1020. The Kier molecular flexibility index (Phi) is 5.71. The minimum absolute atomic E-state index is 0.0346. The van der Waals surface area contributed by atoms with Gasteiger partial charge >= 0.3 is 0 Å². The summed E-state index contributed by atoms with van der Waals surface area (Å²) in [5, 5.41) is 5.62. The van der Waals surface area contributed by atoms with Gasteiger partial charge in [0, 0.05) is 44.3 Å². The Morgan fingerprint density at radius 2 is 2.03 bits per heavy atom. The molecule has 2 aliphatic rings. The molecule has 1 fully saturated rings. The highest BCUT2D eigenvalue weighted by molar-refractivity contribution is 5.93. The van der Waals surface area contributed by atoms with E-state index in [9.17, 15) is 14.4 Å². The Hall–Kier alpha value is -3.33. The summed E-state index contributed by atoms with van der Waals surface area (Å²) in [4.78, 5) is 41.4. The third kappa shape index (κ3) is 4.46. The van der Waals surface area contributed by atoms with Crippen molar-refractivity contribution in [1.29, 1.82) is 0 Å². The summed E-state index contributed by atoms with van der Waals surface area (Å²) in [5.74, 6) is 0.908. The number of carbonyl (C=O) groups is 2. The van der Waals surface area contributed by atoms with Gasteiger partial charge in [-0.15, -0.1) is 0 Å². The number of carbonyl (C=O) groups excluding carboxylic acids is 2. The maximum absolute atomic E-state index is 12.5. The van der Waals surface area contributed by atoms with E-state index in [1.807, 2.05) is 13.0 Å². The average Bonchev–Trinajstić information content (AvgIpc) is 3.15. The van der Waals surface area contributed by atoms with Crippen LogP contribution in [0.15, 0.2) is 35.1 Å². The van der Waals surface area contributed by atoms with E-state index >= 15 is 0 Å². The van der Waals surface area contributed by atoms with Gasteiger partial charge in [0.1, 0.15) is 5.56 Å². The average molecular weight is 412 g/mol. The van der Waals surface area contributed by atoms with Gasteiger partial charge in [-0.25, -0.2) is 0 Å². The molecule has 3 heterocycles. The smallest absolute Gasteiger partial charge is 0.261 e. The van der Waals surface area contributed by atoms with Gasteiger partial charge in [-0.05, 0) is 36.8 Å². The number of hydrogen-bond acceptors (Lipinski definition) is 6. The molecule has 2 aliphatic heterocycles. The summed E-state index contributed by atoms with van der Waals surface area (Å²) in [5.41, 5.74) is 1.17. The van der Waals surface area contributed by atoms with Gasteiger partial charge in [0.15, 0.2) is 11.5 Å². The summed E-state index contributed by atoms with van der Waals surface area (Å²) in [6.07, 6.45) is 0.426. The summed E-state index contributed by atoms with van der Waals surface area (Å²) < 4.78 is 10.6. The highest BCUT2D eigenvalue weighted by Crippen LogP contribution is 2.32. The summed E-state index contributed by atoms with van der Waals surface area (Å²) in [7, 11) is 0. The molecule has 4 rings (SSSR count). The van der Waals surface area contributed by atoms with Crippen LogP contribution in [0.1, 0.15) is 35.0 Å². The maximum atomic E-state index is 12.5. The largest absolute Gasteiger partial charge is 0.454 e. The number of fused-ring (bicyclic) bond motifs is 1. The van der Waals surface area contributed by atoms with Crippen molar-refractivity contribution >= 4 is 11.8 Å². The second kappa shape index (κ2) is 8.58. The molecule has 1 aromatic carbocycles. The third-order valence-electron chi connectivity index (χ3n) is 5.32. The lowest BCUT2D eigenvalue weighted by Crippen LogP contribution is -2.38. The Labute approximate surface area is 173 Å². The predicted octanol–water partition coefficient (Wildman–Crippen LogP) is 0.744. The molecule has 0 bridgehead atoms. The molecule has 1 saturated heterocycles. The fourth-order valence-electron chi connectivity index (χ4n) is 3.51. The lowest BCUT2D eigenvalue weighted by Gasteiger charge is -2.25. The molecule has 0 aliphatic carbocycles. The van der Waals surface area contributed by atoms with Crippen LogP contribution in [0.5, 0.6) is 11.5 Å². The predicted molar refractivity (Wildman–Crippen MR) is 108 cm³/mol. The minimum Gasteiger partial charge on any atom is -0.454 e. The van der Waals surface area contributed by atoms with E-state index < -0.39 is 11.5 Å². The first-order chi connectivity index (χ1) is 14.5. The van der Waals surface area contributed by atoms with Crippen molar-refractivity contribution in [2.45, 2.75) is 32.5 Å². The van der Waals surface area contributed by atoms with Crippen LogP contribution in [0.4, 0.5) is 0 Å². The van der Waals surface area contributed by atoms with Crippen molar-refractivity contribution in [2.75, 3.05) is 19.9 Å². The molecule has 1 aromatic heterocycles. The number of nitrogens with one attached hydrogen (secondary N) is 3. The van der Waals surface area contributed by atoms with Crippen molar-refractivity contribution in [3.8, 4) is 11.5 Å². The molecule has 2 aromatic rings. The number of aromatic nitrogens is 1. The molecule has 0 saturated carbocycles. The molecule has 1 unspecified atom stereocenters. The van der Waals surface area contributed by atoms with Gasteiger partial charge in [-0.2, -0.15) is 0 Å². The Balaban J connectivity index is 1.38. The summed E-state index contributed by atoms with van der Waals surface area (Å²) in [6, 6.07) is 8.86. The second-order valence-corrected chi connectivity index (χ2v) is 7.47. The van der Waals surface area contributed by atoms with Crippen molar-refractivity contribution in [2.24, 2.45) is 0 Å². The molecule has 0 radical (unpaired) electrons. The monoisotopic (exact) mass is 412 g/mol. The topological polar surface area (TPSA) is 113 Å². The van der Waals surface area contributed by atoms with Gasteiger partial charge in [0.05, 0.1) is 0 Å². The van der Waals surface area contributed by atoms with Gasteiger partial charge in [0.25, 0.3) is 11.5 Å². The van der Waals surface area contributed by atoms with Crippen LogP contribution >= 0.6 is 0 Å². The van der Waals surface area contributed by atoms with Crippen LogP contribution in [0, 0.1) is 0 Å². The summed E-state index contributed by atoms with van der Waals surface area (Å²) >= 11 is 0. The quantitative estimate of drug-likeness (QED) is 0.668. The standard InChI is InChI=1S/C21H24N4O5/c1-13-9-22-19(26)6-7-25(13)11-15-3-4-16(21(28)24-15)20(27)23-10-14-2-5-17-18(8-14)30-12-29-17/h2-5,8,13H,6-7,9-12H2,1H3,(H,22,26)(H,23,27)(H,24,28). The van der Waals surface area contributed by atoms with E-state index in [-0.39, 0.29) is 30.9 Å². The highest BCUT2D eigenvalue weighted by Gasteiger charge is 2.21. The normalized spacial score (nSPS) is 18.6. The number of aromatic amines is 1. The molecule has 9 heteroatoms. The highest BCUT2D eigenvalue weighted by atomic mass is 16.7. The number of pyridine rings is 1. The lowest BCUT2D eigenvalue weighted by atomic mass is 10.2. The third-order valence-corrected chi connectivity index (χ3v) is 5.32. The number of nitrogens with zero attached hydrogens (tertiary/aromatic N) is 1. The maximum Gasteiger partial charge on any atom is 0.261 e. The first-order valence-electron chi connectivity index (χ1n) is 9.89. The van der Waals surface area contributed by atoms with Crippen LogP contribution in [-0.4, -0.2) is 47.6 Å². The molecule has 158 valence electrons. The van der Waals surface area contributed by atoms with Gasteiger partial charge in [0.2, 0.25) is 12.7 Å².